The molecule has 0 spiro atoms. The molecule has 136 valence electrons. The molecule has 2 aromatic rings. The fourth-order valence-electron chi connectivity index (χ4n) is 2.51. The second-order valence-corrected chi connectivity index (χ2v) is 7.07. The number of aromatic nitrogens is 1. The normalized spacial score (nSPS) is 15.7. The molecule has 4 nitrogen and oxygen atoms in total. The van der Waals surface area contributed by atoms with Gasteiger partial charge in [-0.15, -0.1) is 0 Å². The number of benzene rings is 1. The highest BCUT2D eigenvalue weighted by Gasteiger charge is 2.35. The van der Waals surface area contributed by atoms with Crippen molar-refractivity contribution in [2.75, 3.05) is 6.54 Å². The van der Waals surface area contributed by atoms with Gasteiger partial charge in [0.05, 0.1) is 11.3 Å². The lowest BCUT2D eigenvalue weighted by molar-refractivity contribution is 0.000359. The summed E-state index contributed by atoms with van der Waals surface area (Å²) in [5.41, 5.74) is 3.25. The molecule has 0 saturated carbocycles. The molecule has 0 amide bonds. The van der Waals surface area contributed by atoms with Gasteiger partial charge in [-0.2, -0.15) is 0 Å². The van der Waals surface area contributed by atoms with E-state index in [0.717, 1.165) is 0 Å². The lowest BCUT2D eigenvalue weighted by Crippen LogP contribution is -2.36. The molecular formula is C19H24F2N2O2. The predicted molar refractivity (Wildman–Crippen MR) is 92.6 cm³/mol. The van der Waals surface area contributed by atoms with Crippen LogP contribution in [0.1, 0.15) is 39.0 Å². The van der Waals surface area contributed by atoms with Crippen molar-refractivity contribution in [3.8, 4) is 11.3 Å². The Labute approximate surface area is 146 Å². The van der Waals surface area contributed by atoms with Gasteiger partial charge in [0.1, 0.15) is 17.1 Å². The van der Waals surface area contributed by atoms with Crippen molar-refractivity contribution in [1.29, 1.82) is 0 Å². The highest BCUT2D eigenvalue weighted by atomic mass is 19.1. The van der Waals surface area contributed by atoms with Crippen molar-refractivity contribution in [1.82, 2.24) is 4.98 Å². The van der Waals surface area contributed by atoms with Crippen LogP contribution >= 0.6 is 0 Å². The number of hydrogen-bond donors (Lipinski definition) is 3. The van der Waals surface area contributed by atoms with E-state index in [0.29, 0.717) is 5.56 Å². The number of nitrogens with two attached hydrogens (primary N) is 1. The van der Waals surface area contributed by atoms with Crippen molar-refractivity contribution in [3.63, 3.8) is 0 Å². The van der Waals surface area contributed by atoms with E-state index in [2.05, 4.69) is 4.98 Å². The molecule has 1 aromatic heterocycles. The Bertz CT molecular complexity index is 753. The van der Waals surface area contributed by atoms with Gasteiger partial charge in [0, 0.05) is 17.0 Å². The Morgan fingerprint density at radius 1 is 1.12 bits per heavy atom. The first-order chi connectivity index (χ1) is 11.5. The predicted octanol–water partition coefficient (Wildman–Crippen LogP) is 3.06. The molecule has 25 heavy (non-hydrogen) atoms. The fraction of sp³-hybridized carbons (Fsp3) is 0.421. The average Bonchev–Trinajstić information content (AvgIpc) is 2.53. The number of halogens is 2. The number of pyridine rings is 1. The first-order valence-corrected chi connectivity index (χ1v) is 8.10. The molecule has 0 aliphatic rings. The SMILES string of the molecule is CC(CN)C(C)(O)c1cc(C(C)(C)O)c(F)c(-c2ccc(F)cc2)n1. The van der Waals surface area contributed by atoms with E-state index in [4.69, 9.17) is 5.73 Å². The molecule has 2 rings (SSSR count). The third-order valence-corrected chi connectivity index (χ3v) is 4.57. The summed E-state index contributed by atoms with van der Waals surface area (Å²) < 4.78 is 28.2. The van der Waals surface area contributed by atoms with Crippen LogP contribution in [-0.4, -0.2) is 21.7 Å². The van der Waals surface area contributed by atoms with E-state index in [9.17, 15) is 19.0 Å². The van der Waals surface area contributed by atoms with Crippen LogP contribution in [0, 0.1) is 17.6 Å². The molecule has 2 unspecified atom stereocenters. The summed E-state index contributed by atoms with van der Waals surface area (Å²) in [6.07, 6.45) is 0. The Hall–Kier alpha value is -1.89. The van der Waals surface area contributed by atoms with E-state index < -0.39 is 22.8 Å². The Morgan fingerprint density at radius 3 is 2.16 bits per heavy atom. The van der Waals surface area contributed by atoms with Crippen LogP contribution in [0.5, 0.6) is 0 Å². The average molecular weight is 350 g/mol. The Morgan fingerprint density at radius 2 is 1.68 bits per heavy atom. The van der Waals surface area contributed by atoms with Gasteiger partial charge in [-0.25, -0.2) is 13.8 Å². The zero-order valence-corrected chi connectivity index (χ0v) is 14.8. The molecule has 0 aliphatic heterocycles. The zero-order valence-electron chi connectivity index (χ0n) is 14.8. The van der Waals surface area contributed by atoms with Crippen LogP contribution in [0.2, 0.25) is 0 Å². The molecule has 2 atom stereocenters. The Kier molecular flexibility index (Phi) is 5.27. The lowest BCUT2D eigenvalue weighted by Gasteiger charge is -2.31. The topological polar surface area (TPSA) is 79.4 Å². The van der Waals surface area contributed by atoms with Gasteiger partial charge in [0.2, 0.25) is 0 Å². The highest BCUT2D eigenvalue weighted by Crippen LogP contribution is 2.35. The van der Waals surface area contributed by atoms with E-state index in [-0.39, 0.29) is 29.4 Å². The maximum Gasteiger partial charge on any atom is 0.155 e. The number of nitrogens with zero attached hydrogens (tertiary/aromatic N) is 1. The third kappa shape index (κ3) is 3.86. The summed E-state index contributed by atoms with van der Waals surface area (Å²) in [4.78, 5) is 4.27. The molecule has 6 heteroatoms. The number of rotatable bonds is 5. The summed E-state index contributed by atoms with van der Waals surface area (Å²) in [6, 6.07) is 6.56. The highest BCUT2D eigenvalue weighted by molar-refractivity contribution is 5.61. The molecule has 1 aromatic carbocycles. The minimum Gasteiger partial charge on any atom is -0.386 e. The summed E-state index contributed by atoms with van der Waals surface area (Å²) >= 11 is 0. The second-order valence-electron chi connectivity index (χ2n) is 7.07. The van der Waals surface area contributed by atoms with Gasteiger partial charge in [-0.05, 0) is 57.6 Å². The lowest BCUT2D eigenvalue weighted by atomic mass is 9.84. The second kappa shape index (κ2) is 6.78. The summed E-state index contributed by atoms with van der Waals surface area (Å²) in [5, 5.41) is 21.2. The van der Waals surface area contributed by atoms with E-state index in [1.807, 2.05) is 0 Å². The molecular weight excluding hydrogens is 326 g/mol. The smallest absolute Gasteiger partial charge is 0.155 e. The van der Waals surface area contributed by atoms with Gasteiger partial charge < -0.3 is 15.9 Å². The minimum absolute atomic E-state index is 0.00122. The molecule has 0 fully saturated rings. The quantitative estimate of drug-likeness (QED) is 0.774. The maximum absolute atomic E-state index is 15.0. The zero-order chi connectivity index (χ0) is 19.0. The van der Waals surface area contributed by atoms with Crippen LogP contribution in [0.3, 0.4) is 0 Å². The van der Waals surface area contributed by atoms with Crippen LogP contribution < -0.4 is 5.73 Å². The largest absolute Gasteiger partial charge is 0.386 e. The summed E-state index contributed by atoms with van der Waals surface area (Å²) in [7, 11) is 0. The van der Waals surface area contributed by atoms with Crippen LogP contribution in [0.25, 0.3) is 11.3 Å². The van der Waals surface area contributed by atoms with Gasteiger partial charge >= 0.3 is 0 Å². The monoisotopic (exact) mass is 350 g/mol. The standard InChI is InChI=1S/C19H24F2N2O2/c1-11(10-22)19(4,25)15-9-14(18(2,3)24)16(21)17(23-15)12-5-7-13(20)8-6-12/h5-9,11,24-25H,10,22H2,1-4H3. The van der Waals surface area contributed by atoms with Crippen molar-refractivity contribution in [2.45, 2.75) is 38.9 Å². The first-order valence-electron chi connectivity index (χ1n) is 8.10. The first kappa shape index (κ1) is 19.4. The van der Waals surface area contributed by atoms with E-state index in [1.165, 1.54) is 44.2 Å². The fourth-order valence-corrected chi connectivity index (χ4v) is 2.51. The molecule has 0 radical (unpaired) electrons. The number of aliphatic hydroxyl groups is 2. The summed E-state index contributed by atoms with van der Waals surface area (Å²) in [6.45, 7) is 6.41. The molecule has 0 saturated heterocycles. The van der Waals surface area contributed by atoms with E-state index >= 15 is 0 Å². The molecule has 4 N–H and O–H groups in total. The summed E-state index contributed by atoms with van der Waals surface area (Å²) in [5.74, 6) is -1.51. The van der Waals surface area contributed by atoms with Crippen molar-refractivity contribution in [2.24, 2.45) is 11.7 Å². The maximum atomic E-state index is 15.0. The van der Waals surface area contributed by atoms with Crippen molar-refractivity contribution in [3.05, 3.63) is 53.2 Å². The van der Waals surface area contributed by atoms with Gasteiger partial charge in [0.15, 0.2) is 5.82 Å². The third-order valence-electron chi connectivity index (χ3n) is 4.57. The van der Waals surface area contributed by atoms with Crippen LogP contribution in [0.15, 0.2) is 30.3 Å². The van der Waals surface area contributed by atoms with Crippen molar-refractivity contribution < 1.29 is 19.0 Å². The minimum atomic E-state index is -1.49. The van der Waals surface area contributed by atoms with Gasteiger partial charge in [-0.3, -0.25) is 0 Å². The molecule has 0 aliphatic carbocycles. The van der Waals surface area contributed by atoms with Crippen molar-refractivity contribution >= 4 is 0 Å². The molecule has 0 bridgehead atoms. The van der Waals surface area contributed by atoms with E-state index in [1.54, 1.807) is 13.8 Å². The van der Waals surface area contributed by atoms with Gasteiger partial charge in [-0.1, -0.05) is 6.92 Å². The van der Waals surface area contributed by atoms with Crippen LogP contribution in [0.4, 0.5) is 8.78 Å². The van der Waals surface area contributed by atoms with Crippen LogP contribution in [-0.2, 0) is 11.2 Å². The van der Waals surface area contributed by atoms with Gasteiger partial charge in [0.25, 0.3) is 0 Å². The Balaban J connectivity index is 2.75. The molecule has 1 heterocycles. The number of hydrogen-bond acceptors (Lipinski definition) is 4.